The molecule has 2 aromatic rings. The van der Waals surface area contributed by atoms with Crippen LogP contribution in [0.2, 0.25) is 0 Å². The van der Waals surface area contributed by atoms with Crippen molar-refractivity contribution >= 4 is 11.8 Å². The fraction of sp³-hybridized carbons (Fsp3) is 0.294. The van der Waals surface area contributed by atoms with Gasteiger partial charge in [0, 0.05) is 10.9 Å². The Kier molecular flexibility index (Phi) is 3.63. The van der Waals surface area contributed by atoms with Gasteiger partial charge >= 0.3 is 0 Å². The Morgan fingerprint density at radius 2 is 1.89 bits per heavy atom. The summed E-state index contributed by atoms with van der Waals surface area (Å²) in [7, 11) is 0. The molecule has 1 aliphatic carbocycles. The van der Waals surface area contributed by atoms with Crippen LogP contribution in [0.1, 0.15) is 35.1 Å². The molecule has 98 valence electrons. The molecule has 1 nitrogen and oxygen atoms in total. The van der Waals surface area contributed by atoms with Crippen LogP contribution in [0.5, 0.6) is 0 Å². The highest BCUT2D eigenvalue weighted by molar-refractivity contribution is 7.98. The summed E-state index contributed by atoms with van der Waals surface area (Å²) in [6, 6.07) is 17.4. The minimum atomic E-state index is 0.141. The second-order valence-corrected chi connectivity index (χ2v) is 6.03. The molecule has 2 unspecified atom stereocenters. The lowest BCUT2D eigenvalue weighted by atomic mass is 9.74. The van der Waals surface area contributed by atoms with Crippen molar-refractivity contribution in [1.82, 2.24) is 0 Å². The lowest BCUT2D eigenvalue weighted by Crippen LogP contribution is -2.23. The Balaban J connectivity index is 1.75. The third kappa shape index (κ3) is 2.43. The fourth-order valence-corrected chi connectivity index (χ4v) is 3.65. The molecule has 0 heterocycles. The molecule has 2 atom stereocenters. The van der Waals surface area contributed by atoms with Crippen molar-refractivity contribution in [2.75, 3.05) is 6.26 Å². The zero-order valence-corrected chi connectivity index (χ0v) is 12.0. The molecule has 0 fully saturated rings. The first-order chi connectivity index (χ1) is 9.29. The molecule has 3 rings (SSSR count). The molecule has 2 heteroatoms. The van der Waals surface area contributed by atoms with Crippen LogP contribution in [0.3, 0.4) is 0 Å². The Hall–Kier alpha value is -1.25. The van der Waals surface area contributed by atoms with Gasteiger partial charge in [0.15, 0.2) is 0 Å². The molecule has 0 radical (unpaired) electrons. The van der Waals surface area contributed by atoms with Gasteiger partial charge in [-0.1, -0.05) is 42.5 Å². The van der Waals surface area contributed by atoms with Gasteiger partial charge in [0.1, 0.15) is 0 Å². The van der Waals surface area contributed by atoms with E-state index in [9.17, 15) is 0 Å². The van der Waals surface area contributed by atoms with Crippen LogP contribution in [0, 0.1) is 0 Å². The maximum absolute atomic E-state index is 6.43. The Bertz CT molecular complexity index is 579. The predicted molar refractivity (Wildman–Crippen MR) is 82.7 cm³/mol. The molecular formula is C17H19NS. The highest BCUT2D eigenvalue weighted by Gasteiger charge is 2.27. The average molecular weight is 269 g/mol. The summed E-state index contributed by atoms with van der Waals surface area (Å²) in [6.07, 6.45) is 4.35. The maximum Gasteiger partial charge on any atom is 0.0311 e. The van der Waals surface area contributed by atoms with E-state index in [0.717, 1.165) is 6.42 Å². The van der Waals surface area contributed by atoms with Gasteiger partial charge in [-0.2, -0.15) is 0 Å². The van der Waals surface area contributed by atoms with Gasteiger partial charge in [0.2, 0.25) is 0 Å². The number of hydrogen-bond donors (Lipinski definition) is 1. The first-order valence-corrected chi connectivity index (χ1v) is 7.98. The summed E-state index contributed by atoms with van der Waals surface area (Å²) >= 11 is 1.78. The standard InChI is InChI=1S/C17H19NS/c1-19-17-9-5-4-8-15(17)16(18)11-13-10-12-6-2-3-7-14(12)13/h2-9,13,16H,10-11,18H2,1H3. The molecule has 0 spiro atoms. The normalized spacial score (nSPS) is 18.5. The van der Waals surface area contributed by atoms with Gasteiger partial charge < -0.3 is 5.73 Å². The number of rotatable bonds is 4. The molecule has 1 aliphatic rings. The molecule has 2 N–H and O–H groups in total. The summed E-state index contributed by atoms with van der Waals surface area (Å²) in [5.74, 6) is 0.640. The van der Waals surface area contributed by atoms with Crippen LogP contribution in [0.25, 0.3) is 0 Å². The number of fused-ring (bicyclic) bond motifs is 1. The minimum absolute atomic E-state index is 0.141. The summed E-state index contributed by atoms with van der Waals surface area (Å²) in [5, 5.41) is 0. The van der Waals surface area contributed by atoms with Crippen LogP contribution < -0.4 is 5.73 Å². The molecule has 0 saturated heterocycles. The van der Waals surface area contributed by atoms with Gasteiger partial charge in [-0.3, -0.25) is 0 Å². The molecule has 0 aromatic heterocycles. The monoisotopic (exact) mass is 269 g/mol. The Morgan fingerprint density at radius 3 is 2.68 bits per heavy atom. The van der Waals surface area contributed by atoms with Gasteiger partial charge in [-0.25, -0.2) is 0 Å². The Morgan fingerprint density at radius 1 is 1.16 bits per heavy atom. The van der Waals surface area contributed by atoms with Crippen LogP contribution >= 0.6 is 11.8 Å². The average Bonchev–Trinajstić information content (AvgIpc) is 2.44. The minimum Gasteiger partial charge on any atom is -0.324 e. The largest absolute Gasteiger partial charge is 0.324 e. The van der Waals surface area contributed by atoms with E-state index in [1.54, 1.807) is 11.8 Å². The van der Waals surface area contributed by atoms with E-state index in [0.29, 0.717) is 5.92 Å². The van der Waals surface area contributed by atoms with Crippen molar-refractivity contribution < 1.29 is 0 Å². The van der Waals surface area contributed by atoms with Crippen LogP contribution in [-0.2, 0) is 6.42 Å². The maximum atomic E-state index is 6.43. The van der Waals surface area contributed by atoms with Crippen molar-refractivity contribution in [3.8, 4) is 0 Å². The van der Waals surface area contributed by atoms with Gasteiger partial charge in [-0.15, -0.1) is 11.8 Å². The smallest absolute Gasteiger partial charge is 0.0311 e. The van der Waals surface area contributed by atoms with E-state index in [1.165, 1.54) is 28.0 Å². The Labute approximate surface area is 119 Å². The topological polar surface area (TPSA) is 26.0 Å². The molecule has 0 aliphatic heterocycles. The molecule has 0 amide bonds. The number of thioether (sulfide) groups is 1. The van der Waals surface area contributed by atoms with Gasteiger partial charge in [0.05, 0.1) is 0 Å². The van der Waals surface area contributed by atoms with E-state index < -0.39 is 0 Å². The lowest BCUT2D eigenvalue weighted by molar-refractivity contribution is 0.495. The van der Waals surface area contributed by atoms with Crippen molar-refractivity contribution in [3.63, 3.8) is 0 Å². The van der Waals surface area contributed by atoms with Crippen molar-refractivity contribution in [1.29, 1.82) is 0 Å². The summed E-state index contributed by atoms with van der Waals surface area (Å²) in [6.45, 7) is 0. The van der Waals surface area contributed by atoms with Gasteiger partial charge in [-0.05, 0) is 47.8 Å². The van der Waals surface area contributed by atoms with E-state index in [2.05, 4.69) is 54.8 Å². The fourth-order valence-electron chi connectivity index (χ4n) is 2.98. The third-order valence-electron chi connectivity index (χ3n) is 4.04. The van der Waals surface area contributed by atoms with E-state index >= 15 is 0 Å². The summed E-state index contributed by atoms with van der Waals surface area (Å²) in [4.78, 5) is 1.31. The quantitative estimate of drug-likeness (QED) is 0.844. The highest BCUT2D eigenvalue weighted by Crippen LogP contribution is 2.41. The molecule has 0 saturated carbocycles. The van der Waals surface area contributed by atoms with E-state index in [-0.39, 0.29) is 6.04 Å². The SMILES string of the molecule is CSc1ccccc1C(N)CC1Cc2ccccc21. The van der Waals surface area contributed by atoms with E-state index in [1.807, 2.05) is 0 Å². The van der Waals surface area contributed by atoms with Gasteiger partial charge in [0.25, 0.3) is 0 Å². The second-order valence-electron chi connectivity index (χ2n) is 5.18. The number of benzene rings is 2. The zero-order valence-electron chi connectivity index (χ0n) is 11.2. The zero-order chi connectivity index (χ0) is 13.2. The van der Waals surface area contributed by atoms with E-state index in [4.69, 9.17) is 5.73 Å². The molecule has 0 bridgehead atoms. The predicted octanol–water partition coefficient (Wildman–Crippen LogP) is 4.14. The van der Waals surface area contributed by atoms with Crippen LogP contribution in [0.4, 0.5) is 0 Å². The molecule has 19 heavy (non-hydrogen) atoms. The number of nitrogens with two attached hydrogens (primary N) is 1. The number of hydrogen-bond acceptors (Lipinski definition) is 2. The summed E-state index contributed by atoms with van der Waals surface area (Å²) in [5.41, 5.74) is 10.7. The van der Waals surface area contributed by atoms with Crippen LogP contribution in [-0.4, -0.2) is 6.26 Å². The van der Waals surface area contributed by atoms with Crippen molar-refractivity contribution in [2.45, 2.75) is 29.7 Å². The first kappa shape index (κ1) is 12.8. The first-order valence-electron chi connectivity index (χ1n) is 6.76. The third-order valence-corrected chi connectivity index (χ3v) is 4.85. The molecular weight excluding hydrogens is 250 g/mol. The van der Waals surface area contributed by atoms with Crippen LogP contribution in [0.15, 0.2) is 53.4 Å². The van der Waals surface area contributed by atoms with Crippen molar-refractivity contribution in [2.24, 2.45) is 5.73 Å². The highest BCUT2D eigenvalue weighted by atomic mass is 32.2. The molecule has 2 aromatic carbocycles. The van der Waals surface area contributed by atoms with Crippen molar-refractivity contribution in [3.05, 3.63) is 65.2 Å². The second kappa shape index (κ2) is 5.40. The summed E-state index contributed by atoms with van der Waals surface area (Å²) < 4.78 is 0. The lowest BCUT2D eigenvalue weighted by Gasteiger charge is -2.32.